The van der Waals surface area contributed by atoms with Crippen LogP contribution in [0.15, 0.2) is 24.3 Å². The average molecular weight is 313 g/mol. The summed E-state index contributed by atoms with van der Waals surface area (Å²) in [4.78, 5) is 11.7. The summed E-state index contributed by atoms with van der Waals surface area (Å²) in [7, 11) is -2.81. The molecule has 1 fully saturated rings. The fraction of sp³-hybridized carbons (Fsp3) is 0.533. The zero-order valence-corrected chi connectivity index (χ0v) is 12.7. The first-order chi connectivity index (χ1) is 9.94. The standard InChI is InChI=1S/C15H20FNO3S/c16-14-5-3-12(4-6-14)10-15(18)17-8-1-2-13-7-9-21(19,20)11-13/h3-6,13H,1-2,7-11H2,(H,17,18). The first kappa shape index (κ1) is 15.9. The molecule has 1 amide bonds. The molecule has 4 nitrogen and oxygen atoms in total. The summed E-state index contributed by atoms with van der Waals surface area (Å²) in [5.41, 5.74) is 0.774. The average Bonchev–Trinajstić information content (AvgIpc) is 2.77. The molecule has 0 spiro atoms. The van der Waals surface area contributed by atoms with Crippen LogP contribution in [0.1, 0.15) is 24.8 Å². The number of sulfone groups is 1. The molecule has 1 aliphatic rings. The van der Waals surface area contributed by atoms with Crippen molar-refractivity contribution in [2.45, 2.75) is 25.7 Å². The molecule has 1 atom stereocenters. The van der Waals surface area contributed by atoms with Gasteiger partial charge in [-0.25, -0.2) is 12.8 Å². The van der Waals surface area contributed by atoms with Crippen LogP contribution in [0.5, 0.6) is 0 Å². The van der Waals surface area contributed by atoms with Gasteiger partial charge in [0.2, 0.25) is 5.91 Å². The van der Waals surface area contributed by atoms with E-state index in [1.54, 1.807) is 12.1 Å². The fourth-order valence-corrected chi connectivity index (χ4v) is 4.48. The molecule has 0 saturated carbocycles. The third kappa shape index (κ3) is 5.46. The Morgan fingerprint density at radius 2 is 2.00 bits per heavy atom. The van der Waals surface area contributed by atoms with Crippen LogP contribution in [0.3, 0.4) is 0 Å². The van der Waals surface area contributed by atoms with Crippen LogP contribution in [0, 0.1) is 11.7 Å². The summed E-state index contributed by atoms with van der Waals surface area (Å²) >= 11 is 0. The van der Waals surface area contributed by atoms with Gasteiger partial charge in [-0.1, -0.05) is 12.1 Å². The minimum Gasteiger partial charge on any atom is -0.356 e. The number of hydrogen-bond donors (Lipinski definition) is 1. The number of rotatable bonds is 6. The van der Waals surface area contributed by atoms with E-state index >= 15 is 0 Å². The lowest BCUT2D eigenvalue weighted by atomic mass is 10.0. The largest absolute Gasteiger partial charge is 0.356 e. The van der Waals surface area contributed by atoms with Crippen molar-refractivity contribution in [2.24, 2.45) is 5.92 Å². The molecule has 0 bridgehead atoms. The van der Waals surface area contributed by atoms with Crippen LogP contribution in [-0.4, -0.2) is 32.4 Å². The van der Waals surface area contributed by atoms with E-state index in [0.717, 1.165) is 24.8 Å². The topological polar surface area (TPSA) is 63.2 Å². The molecule has 1 saturated heterocycles. The highest BCUT2D eigenvalue weighted by Crippen LogP contribution is 2.22. The summed E-state index contributed by atoms with van der Waals surface area (Å²) < 4.78 is 35.4. The molecular weight excluding hydrogens is 293 g/mol. The van der Waals surface area contributed by atoms with Crippen molar-refractivity contribution >= 4 is 15.7 Å². The predicted octanol–water partition coefficient (Wildman–Crippen LogP) is 1.70. The van der Waals surface area contributed by atoms with E-state index in [9.17, 15) is 17.6 Å². The molecule has 0 radical (unpaired) electrons. The number of benzene rings is 1. The fourth-order valence-electron chi connectivity index (χ4n) is 2.57. The van der Waals surface area contributed by atoms with Gasteiger partial charge in [-0.3, -0.25) is 4.79 Å². The van der Waals surface area contributed by atoms with Crippen molar-refractivity contribution in [3.05, 3.63) is 35.6 Å². The van der Waals surface area contributed by atoms with Crippen molar-refractivity contribution in [1.82, 2.24) is 5.32 Å². The van der Waals surface area contributed by atoms with Crippen molar-refractivity contribution in [1.29, 1.82) is 0 Å². The second kappa shape index (κ2) is 7.02. The minimum atomic E-state index is -2.81. The zero-order chi connectivity index (χ0) is 15.3. The Hall–Kier alpha value is -1.43. The number of nitrogens with one attached hydrogen (secondary N) is 1. The Morgan fingerprint density at radius 1 is 1.29 bits per heavy atom. The van der Waals surface area contributed by atoms with E-state index in [-0.39, 0.29) is 29.8 Å². The van der Waals surface area contributed by atoms with Crippen molar-refractivity contribution in [3.63, 3.8) is 0 Å². The monoisotopic (exact) mass is 313 g/mol. The summed E-state index contributed by atoms with van der Waals surface area (Å²) in [5.74, 6) is 0.417. The molecule has 0 aromatic heterocycles. The highest BCUT2D eigenvalue weighted by molar-refractivity contribution is 7.91. The van der Waals surface area contributed by atoms with Crippen LogP contribution < -0.4 is 5.32 Å². The van der Waals surface area contributed by atoms with Gasteiger partial charge in [0.1, 0.15) is 5.82 Å². The molecule has 1 heterocycles. The normalized spacial score (nSPS) is 20.3. The molecule has 0 aliphatic carbocycles. The minimum absolute atomic E-state index is 0.0966. The van der Waals surface area contributed by atoms with Gasteiger partial charge in [-0.15, -0.1) is 0 Å². The van der Waals surface area contributed by atoms with E-state index in [0.29, 0.717) is 12.3 Å². The molecule has 1 N–H and O–H groups in total. The molecule has 116 valence electrons. The summed E-state index contributed by atoms with van der Waals surface area (Å²) in [6, 6.07) is 5.86. The van der Waals surface area contributed by atoms with Crippen molar-refractivity contribution in [3.8, 4) is 0 Å². The van der Waals surface area contributed by atoms with Crippen LogP contribution >= 0.6 is 0 Å². The molecule has 2 rings (SSSR count). The van der Waals surface area contributed by atoms with Gasteiger partial charge >= 0.3 is 0 Å². The van der Waals surface area contributed by atoms with Gasteiger partial charge in [0.15, 0.2) is 9.84 Å². The number of amides is 1. The summed E-state index contributed by atoms with van der Waals surface area (Å²) in [6.45, 7) is 0.552. The lowest BCUT2D eigenvalue weighted by Crippen LogP contribution is -2.26. The Balaban J connectivity index is 1.62. The number of carbonyl (C=O) groups is 1. The van der Waals surface area contributed by atoms with Gasteiger partial charge in [-0.05, 0) is 42.9 Å². The summed E-state index contributed by atoms with van der Waals surface area (Å²) in [6.07, 6.45) is 2.59. The van der Waals surface area contributed by atoms with Gasteiger partial charge in [0, 0.05) is 6.54 Å². The van der Waals surface area contributed by atoms with Crippen LogP contribution in [-0.2, 0) is 21.1 Å². The second-order valence-electron chi connectivity index (χ2n) is 5.56. The lowest BCUT2D eigenvalue weighted by Gasteiger charge is -2.08. The van der Waals surface area contributed by atoms with Crippen molar-refractivity contribution < 1.29 is 17.6 Å². The van der Waals surface area contributed by atoms with E-state index in [2.05, 4.69) is 5.32 Å². The highest BCUT2D eigenvalue weighted by Gasteiger charge is 2.27. The van der Waals surface area contributed by atoms with E-state index < -0.39 is 9.84 Å². The third-order valence-electron chi connectivity index (χ3n) is 3.72. The maximum absolute atomic E-state index is 12.7. The summed E-state index contributed by atoms with van der Waals surface area (Å²) in [5, 5.41) is 2.81. The maximum atomic E-state index is 12.7. The first-order valence-electron chi connectivity index (χ1n) is 7.16. The van der Waals surface area contributed by atoms with Crippen LogP contribution in [0.2, 0.25) is 0 Å². The third-order valence-corrected chi connectivity index (χ3v) is 5.55. The lowest BCUT2D eigenvalue weighted by molar-refractivity contribution is -0.120. The van der Waals surface area contributed by atoms with E-state index in [4.69, 9.17) is 0 Å². The number of hydrogen-bond acceptors (Lipinski definition) is 3. The van der Waals surface area contributed by atoms with Crippen LogP contribution in [0.4, 0.5) is 4.39 Å². The molecule has 1 unspecified atom stereocenters. The van der Waals surface area contributed by atoms with E-state index in [1.807, 2.05) is 0 Å². The SMILES string of the molecule is O=C(Cc1ccc(F)cc1)NCCCC1CCS(=O)(=O)C1. The Morgan fingerprint density at radius 3 is 2.62 bits per heavy atom. The first-order valence-corrected chi connectivity index (χ1v) is 8.98. The Bertz CT molecular complexity index is 583. The van der Waals surface area contributed by atoms with E-state index in [1.165, 1.54) is 12.1 Å². The Kier molecular flexibility index (Phi) is 5.33. The molecule has 1 aromatic carbocycles. The molecule has 1 aliphatic heterocycles. The molecule has 6 heteroatoms. The zero-order valence-electron chi connectivity index (χ0n) is 11.8. The highest BCUT2D eigenvalue weighted by atomic mass is 32.2. The molecule has 1 aromatic rings. The smallest absolute Gasteiger partial charge is 0.224 e. The maximum Gasteiger partial charge on any atom is 0.224 e. The predicted molar refractivity (Wildman–Crippen MR) is 79.1 cm³/mol. The van der Waals surface area contributed by atoms with Gasteiger partial charge in [0.05, 0.1) is 17.9 Å². The second-order valence-corrected chi connectivity index (χ2v) is 7.79. The molecular formula is C15H20FNO3S. The molecule has 21 heavy (non-hydrogen) atoms. The van der Waals surface area contributed by atoms with Crippen LogP contribution in [0.25, 0.3) is 0 Å². The van der Waals surface area contributed by atoms with Crippen molar-refractivity contribution in [2.75, 3.05) is 18.1 Å². The van der Waals surface area contributed by atoms with Gasteiger partial charge in [-0.2, -0.15) is 0 Å². The number of carbonyl (C=O) groups excluding carboxylic acids is 1. The Labute approximate surface area is 124 Å². The van der Waals surface area contributed by atoms with Gasteiger partial charge in [0.25, 0.3) is 0 Å². The quantitative estimate of drug-likeness (QED) is 0.813. The van der Waals surface area contributed by atoms with Gasteiger partial charge < -0.3 is 5.32 Å². The number of halogens is 1.